The second kappa shape index (κ2) is 7.01. The maximum absolute atomic E-state index is 13.0. The lowest BCUT2D eigenvalue weighted by Gasteiger charge is -2.31. The number of amides is 1. The minimum Gasteiger partial charge on any atom is -0.337 e. The molecule has 4 heterocycles. The zero-order valence-corrected chi connectivity index (χ0v) is 18.3. The summed E-state index contributed by atoms with van der Waals surface area (Å²) in [6.07, 6.45) is 2.22. The van der Waals surface area contributed by atoms with Crippen LogP contribution in [0.5, 0.6) is 0 Å². The highest BCUT2D eigenvalue weighted by Gasteiger charge is 2.43. The van der Waals surface area contributed by atoms with Crippen molar-refractivity contribution >= 4 is 39.1 Å². The van der Waals surface area contributed by atoms with Crippen LogP contribution < -0.4 is 5.32 Å². The number of fused-ring (bicyclic) bond motifs is 3. The number of halogens is 1. The van der Waals surface area contributed by atoms with E-state index in [2.05, 4.69) is 27.8 Å². The lowest BCUT2D eigenvalue weighted by molar-refractivity contribution is 0.0691. The van der Waals surface area contributed by atoms with E-state index in [1.54, 1.807) is 11.3 Å². The molecule has 1 aromatic carbocycles. The normalized spacial score (nSPS) is 27.6. The Morgan fingerprint density at radius 3 is 2.93 bits per heavy atom. The summed E-state index contributed by atoms with van der Waals surface area (Å²) < 4.78 is 0. The number of hydrogen-bond donors (Lipinski definition) is 1. The molecule has 6 rings (SSSR count). The number of benzene rings is 1. The van der Waals surface area contributed by atoms with Crippen molar-refractivity contribution in [3.8, 4) is 0 Å². The number of piperidine rings is 1. The van der Waals surface area contributed by atoms with Crippen LogP contribution in [0, 0.1) is 12.8 Å². The first-order valence-corrected chi connectivity index (χ1v) is 11.9. The molecule has 1 amide bonds. The molecule has 2 bridgehead atoms. The molecule has 2 aliphatic heterocycles. The highest BCUT2D eigenvalue weighted by Crippen LogP contribution is 2.57. The third kappa shape index (κ3) is 3.13. The summed E-state index contributed by atoms with van der Waals surface area (Å²) in [6.45, 7) is 4.62. The molecule has 1 aliphatic carbocycles. The van der Waals surface area contributed by atoms with Crippen LogP contribution in [-0.2, 0) is 0 Å². The first-order chi connectivity index (χ1) is 14.6. The van der Waals surface area contributed by atoms with Crippen molar-refractivity contribution in [2.24, 2.45) is 5.92 Å². The monoisotopic (exact) mass is 438 g/mol. The fourth-order valence-electron chi connectivity index (χ4n) is 5.25. The summed E-state index contributed by atoms with van der Waals surface area (Å²) in [5.41, 5.74) is 2.95. The average molecular weight is 439 g/mol. The Bertz CT molecular complexity index is 1150. The van der Waals surface area contributed by atoms with Gasteiger partial charge < -0.3 is 10.2 Å². The zero-order valence-electron chi connectivity index (χ0n) is 16.8. The maximum atomic E-state index is 13.0. The minimum absolute atomic E-state index is 0.0978. The van der Waals surface area contributed by atoms with Crippen molar-refractivity contribution in [3.05, 3.63) is 57.3 Å². The molecule has 0 unspecified atom stereocenters. The van der Waals surface area contributed by atoms with Gasteiger partial charge in [-0.3, -0.25) is 4.79 Å². The fourth-order valence-corrected chi connectivity index (χ4v) is 6.39. The van der Waals surface area contributed by atoms with Crippen LogP contribution in [0.15, 0.2) is 29.6 Å². The number of carbonyl (C=O) groups excluding carboxylic acids is 1. The van der Waals surface area contributed by atoms with E-state index in [1.165, 1.54) is 6.42 Å². The molecule has 0 radical (unpaired) electrons. The number of carbonyl (C=O) groups is 1. The number of rotatable bonds is 3. The van der Waals surface area contributed by atoms with Gasteiger partial charge >= 0.3 is 0 Å². The highest BCUT2D eigenvalue weighted by molar-refractivity contribution is 7.16. The summed E-state index contributed by atoms with van der Waals surface area (Å²) >= 11 is 8.35. The summed E-state index contributed by atoms with van der Waals surface area (Å²) in [5.74, 6) is 2.23. The van der Waals surface area contributed by atoms with Crippen LogP contribution in [0.4, 0.5) is 0 Å². The number of aromatic nitrogens is 2. The third-order valence-electron chi connectivity index (χ3n) is 6.77. The van der Waals surface area contributed by atoms with E-state index < -0.39 is 0 Å². The Labute approximate surface area is 184 Å². The highest BCUT2D eigenvalue weighted by atomic mass is 35.5. The fraction of sp³-hybridized carbons (Fsp3) is 0.435. The van der Waals surface area contributed by atoms with Crippen LogP contribution in [0.3, 0.4) is 0 Å². The van der Waals surface area contributed by atoms with Crippen molar-refractivity contribution in [2.75, 3.05) is 19.6 Å². The molecule has 5 nitrogen and oxygen atoms in total. The van der Waals surface area contributed by atoms with Gasteiger partial charge in [0.2, 0.25) is 0 Å². The molecule has 1 saturated carbocycles. The summed E-state index contributed by atoms with van der Waals surface area (Å²) in [4.78, 5) is 25.4. The molecule has 30 heavy (non-hydrogen) atoms. The largest absolute Gasteiger partial charge is 0.337 e. The molecule has 3 aromatic rings. The summed E-state index contributed by atoms with van der Waals surface area (Å²) in [7, 11) is 0. The topological polar surface area (TPSA) is 58.1 Å². The Kier molecular flexibility index (Phi) is 4.37. The van der Waals surface area contributed by atoms with Crippen molar-refractivity contribution in [1.29, 1.82) is 0 Å². The van der Waals surface area contributed by atoms with Crippen LogP contribution in [0.1, 0.15) is 52.1 Å². The van der Waals surface area contributed by atoms with Gasteiger partial charge in [-0.25, -0.2) is 9.97 Å². The van der Waals surface area contributed by atoms with Gasteiger partial charge in [-0.2, -0.15) is 0 Å². The number of likely N-dealkylation sites (tertiary alicyclic amines) is 1. The molecule has 154 valence electrons. The zero-order chi connectivity index (χ0) is 20.4. The molecule has 4 atom stereocenters. The van der Waals surface area contributed by atoms with Gasteiger partial charge in [-0.1, -0.05) is 17.7 Å². The number of thiophene rings is 1. The number of hydrogen-bond acceptors (Lipinski definition) is 5. The van der Waals surface area contributed by atoms with Gasteiger partial charge in [-0.15, -0.1) is 11.3 Å². The first-order valence-electron chi connectivity index (χ1n) is 10.6. The second-order valence-corrected chi connectivity index (χ2v) is 10.2. The van der Waals surface area contributed by atoms with Gasteiger partial charge in [0.05, 0.1) is 5.69 Å². The van der Waals surface area contributed by atoms with E-state index >= 15 is 0 Å². The standard InChI is InChI=1S/C23H23ClN4OS/c1-12-26-21(17-4-5-30-22(17)27-12)19-8-18(19)16-3-2-14(7-20(16)24)23(29)28-10-13-6-15(11-28)25-9-13/h2-5,7,13,15,18-19,25H,6,8-11H2,1H3/t13-,15-,18+,19-/m1/s1. The SMILES string of the molecule is Cc1nc([C@@H]2C[C@H]2c2ccc(C(=O)N3C[C@H]4CN[C@H](C4)C3)cc2Cl)c2ccsc2n1. The van der Waals surface area contributed by atoms with Gasteiger partial charge in [-0.05, 0) is 60.7 Å². The molecule has 3 fully saturated rings. The molecular formula is C23H23ClN4OS. The molecule has 2 saturated heterocycles. The van der Waals surface area contributed by atoms with Crippen LogP contribution in [0.25, 0.3) is 10.2 Å². The predicted octanol–water partition coefficient (Wildman–Crippen LogP) is 4.36. The first kappa shape index (κ1) is 18.7. The molecular weight excluding hydrogens is 416 g/mol. The summed E-state index contributed by atoms with van der Waals surface area (Å²) in [6, 6.07) is 8.43. The van der Waals surface area contributed by atoms with E-state index in [1.807, 2.05) is 24.0 Å². The number of aryl methyl sites for hydroxylation is 1. The van der Waals surface area contributed by atoms with E-state index in [9.17, 15) is 4.79 Å². The lowest BCUT2D eigenvalue weighted by Crippen LogP contribution is -2.44. The van der Waals surface area contributed by atoms with Gasteiger partial charge in [0.15, 0.2) is 0 Å². The van der Waals surface area contributed by atoms with Crippen molar-refractivity contribution in [3.63, 3.8) is 0 Å². The quantitative estimate of drug-likeness (QED) is 0.660. The van der Waals surface area contributed by atoms with Gasteiger partial charge in [0, 0.05) is 47.6 Å². The van der Waals surface area contributed by atoms with Crippen molar-refractivity contribution in [1.82, 2.24) is 20.2 Å². The Morgan fingerprint density at radius 1 is 1.20 bits per heavy atom. The number of nitrogens with one attached hydrogen (secondary N) is 1. The lowest BCUT2D eigenvalue weighted by atomic mass is 9.98. The Balaban J connectivity index is 1.23. The van der Waals surface area contributed by atoms with Crippen LogP contribution in [0.2, 0.25) is 5.02 Å². The predicted molar refractivity (Wildman–Crippen MR) is 120 cm³/mol. The molecule has 7 heteroatoms. The van der Waals surface area contributed by atoms with Crippen molar-refractivity contribution in [2.45, 2.75) is 37.6 Å². The molecule has 3 aliphatic rings. The van der Waals surface area contributed by atoms with E-state index in [0.717, 1.165) is 53.4 Å². The molecule has 2 aromatic heterocycles. The average Bonchev–Trinajstić information content (AvgIpc) is 3.25. The Morgan fingerprint density at radius 2 is 2.10 bits per heavy atom. The van der Waals surface area contributed by atoms with Crippen LogP contribution >= 0.6 is 22.9 Å². The second-order valence-electron chi connectivity index (χ2n) is 8.90. The van der Waals surface area contributed by atoms with E-state index in [-0.39, 0.29) is 5.91 Å². The smallest absolute Gasteiger partial charge is 0.253 e. The van der Waals surface area contributed by atoms with E-state index in [0.29, 0.717) is 34.4 Å². The molecule has 0 spiro atoms. The van der Waals surface area contributed by atoms with E-state index in [4.69, 9.17) is 16.6 Å². The van der Waals surface area contributed by atoms with Crippen LogP contribution in [-0.4, -0.2) is 46.5 Å². The molecule has 1 N–H and O–H groups in total. The van der Waals surface area contributed by atoms with Gasteiger partial charge in [0.1, 0.15) is 10.7 Å². The summed E-state index contributed by atoms with van der Waals surface area (Å²) in [5, 5.41) is 7.44. The van der Waals surface area contributed by atoms with Crippen molar-refractivity contribution < 1.29 is 4.79 Å². The van der Waals surface area contributed by atoms with Gasteiger partial charge in [0.25, 0.3) is 5.91 Å². The minimum atomic E-state index is 0.0978. The number of nitrogens with zero attached hydrogens (tertiary/aromatic N) is 3. The third-order valence-corrected chi connectivity index (χ3v) is 7.91. The maximum Gasteiger partial charge on any atom is 0.253 e. The Hall–Kier alpha value is -2.02.